The number of halogens is 1. The SMILES string of the molecule is Clc1cc(-c2nc3cnc(Nc4ccccc4)nc3n2C2CC2)ccn1. The minimum absolute atomic E-state index is 0.418. The van der Waals surface area contributed by atoms with Crippen LogP contribution in [0.5, 0.6) is 0 Å². The highest BCUT2D eigenvalue weighted by atomic mass is 35.5. The Morgan fingerprint density at radius 3 is 2.65 bits per heavy atom. The number of fused-ring (bicyclic) bond motifs is 1. The van der Waals surface area contributed by atoms with Crippen LogP contribution >= 0.6 is 11.6 Å². The molecule has 1 aromatic carbocycles. The van der Waals surface area contributed by atoms with Crippen LogP contribution in [0.1, 0.15) is 18.9 Å². The molecule has 0 bridgehead atoms. The van der Waals surface area contributed by atoms with Crippen LogP contribution in [-0.2, 0) is 0 Å². The van der Waals surface area contributed by atoms with Crippen LogP contribution in [0.2, 0.25) is 5.15 Å². The first-order valence-electron chi connectivity index (χ1n) is 8.47. The molecular weight excluding hydrogens is 348 g/mol. The summed E-state index contributed by atoms with van der Waals surface area (Å²) in [6.45, 7) is 0. The third-order valence-corrected chi connectivity index (χ3v) is 4.57. The number of imidazole rings is 1. The molecule has 3 heterocycles. The van der Waals surface area contributed by atoms with Gasteiger partial charge in [0, 0.05) is 23.5 Å². The fraction of sp³-hybridized carbons (Fsp3) is 0.158. The van der Waals surface area contributed by atoms with Gasteiger partial charge in [-0.15, -0.1) is 0 Å². The van der Waals surface area contributed by atoms with Crippen LogP contribution in [0.3, 0.4) is 0 Å². The van der Waals surface area contributed by atoms with Crippen LogP contribution < -0.4 is 5.32 Å². The van der Waals surface area contributed by atoms with Crippen molar-refractivity contribution in [2.75, 3.05) is 5.32 Å². The standard InChI is InChI=1S/C19H15ClN6/c20-16-10-12(8-9-21-16)17-24-15-11-22-19(23-13-4-2-1-3-5-13)25-18(15)26(17)14-6-7-14/h1-5,8-11,14H,6-7H2,(H,22,23,25). The molecular formula is C19H15ClN6. The maximum Gasteiger partial charge on any atom is 0.229 e. The highest BCUT2D eigenvalue weighted by Crippen LogP contribution is 2.41. The molecule has 1 aliphatic rings. The summed E-state index contributed by atoms with van der Waals surface area (Å²) in [5.41, 5.74) is 3.50. The topological polar surface area (TPSA) is 68.5 Å². The van der Waals surface area contributed by atoms with Gasteiger partial charge in [-0.2, -0.15) is 4.98 Å². The van der Waals surface area contributed by atoms with Crippen molar-refractivity contribution in [1.82, 2.24) is 24.5 Å². The minimum Gasteiger partial charge on any atom is -0.324 e. The van der Waals surface area contributed by atoms with Crippen molar-refractivity contribution in [3.05, 3.63) is 60.0 Å². The number of rotatable bonds is 4. The van der Waals surface area contributed by atoms with Crippen molar-refractivity contribution in [1.29, 1.82) is 0 Å². The van der Waals surface area contributed by atoms with Crippen molar-refractivity contribution in [3.63, 3.8) is 0 Å². The van der Waals surface area contributed by atoms with E-state index < -0.39 is 0 Å². The zero-order chi connectivity index (χ0) is 17.5. The molecule has 0 atom stereocenters. The molecule has 3 aromatic heterocycles. The summed E-state index contributed by atoms with van der Waals surface area (Å²) in [5, 5.41) is 3.70. The molecule has 26 heavy (non-hydrogen) atoms. The lowest BCUT2D eigenvalue weighted by atomic mass is 10.2. The number of hydrogen-bond donors (Lipinski definition) is 1. The van der Waals surface area contributed by atoms with Gasteiger partial charge in [-0.3, -0.25) is 0 Å². The summed E-state index contributed by atoms with van der Waals surface area (Å²) in [4.78, 5) is 18.0. The predicted octanol–water partition coefficient (Wildman–Crippen LogP) is 4.62. The number of para-hydroxylation sites is 1. The summed E-state index contributed by atoms with van der Waals surface area (Å²) < 4.78 is 2.19. The Hall–Kier alpha value is -2.99. The molecule has 1 fully saturated rings. The minimum atomic E-state index is 0.418. The number of benzene rings is 1. The molecule has 6 nitrogen and oxygen atoms in total. The molecule has 0 spiro atoms. The predicted molar refractivity (Wildman–Crippen MR) is 102 cm³/mol. The van der Waals surface area contributed by atoms with E-state index in [1.807, 2.05) is 42.5 Å². The maximum absolute atomic E-state index is 6.07. The van der Waals surface area contributed by atoms with Crippen molar-refractivity contribution in [3.8, 4) is 11.4 Å². The van der Waals surface area contributed by atoms with E-state index in [1.54, 1.807) is 12.4 Å². The second-order valence-corrected chi connectivity index (χ2v) is 6.68. The lowest BCUT2D eigenvalue weighted by molar-refractivity contribution is 0.766. The van der Waals surface area contributed by atoms with Gasteiger partial charge in [0.25, 0.3) is 0 Å². The fourth-order valence-corrected chi connectivity index (χ4v) is 3.20. The Morgan fingerprint density at radius 1 is 1.04 bits per heavy atom. The van der Waals surface area contributed by atoms with E-state index in [-0.39, 0.29) is 0 Å². The molecule has 128 valence electrons. The Balaban J connectivity index is 1.63. The van der Waals surface area contributed by atoms with E-state index in [4.69, 9.17) is 21.6 Å². The molecule has 1 N–H and O–H groups in total. The van der Waals surface area contributed by atoms with E-state index in [0.29, 0.717) is 17.1 Å². The van der Waals surface area contributed by atoms with Crippen LogP contribution in [0.25, 0.3) is 22.6 Å². The number of nitrogens with zero attached hydrogens (tertiary/aromatic N) is 5. The summed E-state index contributed by atoms with van der Waals surface area (Å²) in [6, 6.07) is 14.1. The van der Waals surface area contributed by atoms with Crippen LogP contribution in [0.4, 0.5) is 11.6 Å². The largest absolute Gasteiger partial charge is 0.324 e. The molecule has 0 radical (unpaired) electrons. The first kappa shape index (κ1) is 15.3. The number of aromatic nitrogens is 5. The molecule has 0 amide bonds. The van der Waals surface area contributed by atoms with Gasteiger partial charge in [0.15, 0.2) is 5.65 Å². The van der Waals surface area contributed by atoms with E-state index in [2.05, 4.69) is 19.9 Å². The summed E-state index contributed by atoms with van der Waals surface area (Å²) >= 11 is 6.07. The highest BCUT2D eigenvalue weighted by Gasteiger charge is 2.29. The summed E-state index contributed by atoms with van der Waals surface area (Å²) in [5.74, 6) is 1.42. The van der Waals surface area contributed by atoms with Gasteiger partial charge >= 0.3 is 0 Å². The Bertz CT molecular complexity index is 1090. The number of anilines is 2. The van der Waals surface area contributed by atoms with Gasteiger partial charge in [0.1, 0.15) is 16.5 Å². The summed E-state index contributed by atoms with van der Waals surface area (Å²) in [6.07, 6.45) is 5.71. The van der Waals surface area contributed by atoms with E-state index in [9.17, 15) is 0 Å². The van der Waals surface area contributed by atoms with Gasteiger partial charge in [0.2, 0.25) is 5.95 Å². The third-order valence-electron chi connectivity index (χ3n) is 4.36. The van der Waals surface area contributed by atoms with Crippen LogP contribution in [-0.4, -0.2) is 24.5 Å². The van der Waals surface area contributed by atoms with E-state index in [0.717, 1.165) is 41.1 Å². The molecule has 5 rings (SSSR count). The second kappa shape index (κ2) is 6.07. The van der Waals surface area contributed by atoms with Gasteiger partial charge in [-0.25, -0.2) is 15.0 Å². The second-order valence-electron chi connectivity index (χ2n) is 6.30. The number of nitrogens with one attached hydrogen (secondary N) is 1. The molecule has 1 aliphatic carbocycles. The zero-order valence-corrected chi connectivity index (χ0v) is 14.6. The molecule has 0 aliphatic heterocycles. The fourth-order valence-electron chi connectivity index (χ4n) is 3.03. The molecule has 7 heteroatoms. The van der Waals surface area contributed by atoms with E-state index >= 15 is 0 Å². The number of pyridine rings is 1. The lowest BCUT2D eigenvalue weighted by Crippen LogP contribution is -2.01. The van der Waals surface area contributed by atoms with Gasteiger partial charge in [-0.1, -0.05) is 29.8 Å². The number of hydrogen-bond acceptors (Lipinski definition) is 5. The Morgan fingerprint density at radius 2 is 1.88 bits per heavy atom. The smallest absolute Gasteiger partial charge is 0.229 e. The first-order valence-corrected chi connectivity index (χ1v) is 8.85. The van der Waals surface area contributed by atoms with Crippen LogP contribution in [0, 0.1) is 0 Å². The van der Waals surface area contributed by atoms with Crippen LogP contribution in [0.15, 0.2) is 54.9 Å². The van der Waals surface area contributed by atoms with Crippen molar-refractivity contribution in [2.45, 2.75) is 18.9 Å². The van der Waals surface area contributed by atoms with Crippen molar-refractivity contribution < 1.29 is 0 Å². The zero-order valence-electron chi connectivity index (χ0n) is 13.8. The highest BCUT2D eigenvalue weighted by molar-refractivity contribution is 6.29. The van der Waals surface area contributed by atoms with Gasteiger partial charge < -0.3 is 9.88 Å². The summed E-state index contributed by atoms with van der Waals surface area (Å²) in [7, 11) is 0. The quantitative estimate of drug-likeness (QED) is 0.536. The Labute approximate surface area is 154 Å². The third kappa shape index (κ3) is 2.78. The maximum atomic E-state index is 6.07. The average molecular weight is 363 g/mol. The average Bonchev–Trinajstić information content (AvgIpc) is 3.42. The molecule has 0 saturated heterocycles. The molecule has 1 saturated carbocycles. The Kier molecular flexibility index (Phi) is 3.57. The monoisotopic (exact) mass is 362 g/mol. The first-order chi connectivity index (χ1) is 12.8. The normalized spacial score (nSPS) is 13.9. The van der Waals surface area contributed by atoms with Crippen molar-refractivity contribution >= 4 is 34.4 Å². The van der Waals surface area contributed by atoms with Gasteiger partial charge in [-0.05, 0) is 37.1 Å². The molecule has 0 unspecified atom stereocenters. The molecule has 4 aromatic rings. The van der Waals surface area contributed by atoms with E-state index in [1.165, 1.54) is 0 Å². The van der Waals surface area contributed by atoms with Crippen molar-refractivity contribution in [2.24, 2.45) is 0 Å². The van der Waals surface area contributed by atoms with Gasteiger partial charge in [0.05, 0.1) is 6.20 Å². The lowest BCUT2D eigenvalue weighted by Gasteiger charge is -2.08.